The zero-order valence-corrected chi connectivity index (χ0v) is 20.2. The lowest BCUT2D eigenvalue weighted by Gasteiger charge is -2.11. The monoisotopic (exact) mass is 469 g/mol. The summed E-state index contributed by atoms with van der Waals surface area (Å²) < 4.78 is 8.97. The van der Waals surface area contributed by atoms with Gasteiger partial charge in [-0.3, -0.25) is 14.0 Å². The number of carbonyl (C=O) groups is 1. The number of H-pyrrole nitrogens is 1. The van der Waals surface area contributed by atoms with E-state index in [9.17, 15) is 4.79 Å². The molecule has 0 aliphatic heterocycles. The second kappa shape index (κ2) is 9.19. The third-order valence-electron chi connectivity index (χ3n) is 6.03. The molecule has 2 N–H and O–H groups in total. The number of aromatic amines is 1. The number of aromatic nitrogens is 6. The number of carbonyl (C=O) groups excluding carboxylic acids is 1. The van der Waals surface area contributed by atoms with Crippen molar-refractivity contribution in [1.82, 2.24) is 29.3 Å². The van der Waals surface area contributed by atoms with E-state index in [1.807, 2.05) is 65.6 Å². The Morgan fingerprint density at radius 3 is 2.74 bits per heavy atom. The number of ether oxygens (including phenoxy) is 1. The lowest BCUT2D eigenvalue weighted by atomic mass is 10.0. The summed E-state index contributed by atoms with van der Waals surface area (Å²) in [7, 11) is 1.66. The van der Waals surface area contributed by atoms with Gasteiger partial charge in [0.25, 0.3) is 0 Å². The molecule has 5 aromatic rings. The van der Waals surface area contributed by atoms with Gasteiger partial charge in [0.2, 0.25) is 0 Å². The van der Waals surface area contributed by atoms with Gasteiger partial charge in [-0.15, -0.1) is 0 Å². The van der Waals surface area contributed by atoms with Crippen molar-refractivity contribution in [2.45, 2.75) is 27.3 Å². The first-order valence-corrected chi connectivity index (χ1v) is 11.4. The van der Waals surface area contributed by atoms with E-state index >= 15 is 0 Å². The Morgan fingerprint density at radius 1 is 1.14 bits per heavy atom. The van der Waals surface area contributed by atoms with Gasteiger partial charge in [-0.25, -0.2) is 9.97 Å². The van der Waals surface area contributed by atoms with Crippen molar-refractivity contribution in [2.75, 3.05) is 19.0 Å². The standard InChI is InChI=1S/C26H27N7O2/c1-16-5-9-24(29-16)30-19-6-8-23-22(13-19)27-15-32(23)25-10-7-20(18(3)34)26(31-25)21-14-28-33(17(21)2)11-12-35-4/h5-10,13-15,29-30H,11-12H2,1-4H3. The molecule has 0 radical (unpaired) electrons. The molecule has 4 heterocycles. The molecule has 0 fully saturated rings. The summed E-state index contributed by atoms with van der Waals surface area (Å²) in [4.78, 5) is 25.2. The molecule has 1 aromatic carbocycles. The number of aryl methyl sites for hydroxylation is 1. The molecule has 0 aliphatic carbocycles. The number of fused-ring (bicyclic) bond motifs is 1. The normalized spacial score (nSPS) is 11.3. The molecule has 0 spiro atoms. The first-order valence-electron chi connectivity index (χ1n) is 11.4. The smallest absolute Gasteiger partial charge is 0.161 e. The van der Waals surface area contributed by atoms with Crippen LogP contribution in [0, 0.1) is 13.8 Å². The Kier molecular flexibility index (Phi) is 5.92. The van der Waals surface area contributed by atoms with Gasteiger partial charge in [0.1, 0.15) is 18.0 Å². The summed E-state index contributed by atoms with van der Waals surface area (Å²) in [5, 5.41) is 7.84. The SMILES string of the molecule is COCCn1ncc(-c2nc(-n3cnc4cc(Nc5ccc(C)[nH]5)ccc43)ccc2C(C)=O)c1C. The number of rotatable bonds is 8. The fraction of sp³-hybridized carbons (Fsp3) is 0.231. The van der Waals surface area contributed by atoms with Crippen molar-refractivity contribution in [2.24, 2.45) is 0 Å². The van der Waals surface area contributed by atoms with E-state index < -0.39 is 0 Å². The van der Waals surface area contributed by atoms with Crippen molar-refractivity contribution >= 4 is 28.3 Å². The Bertz CT molecular complexity index is 1530. The summed E-state index contributed by atoms with van der Waals surface area (Å²) >= 11 is 0. The van der Waals surface area contributed by atoms with Gasteiger partial charge in [0, 0.05) is 35.3 Å². The minimum absolute atomic E-state index is 0.0474. The fourth-order valence-electron chi connectivity index (χ4n) is 4.16. The van der Waals surface area contributed by atoms with Gasteiger partial charge >= 0.3 is 0 Å². The number of nitrogens with zero attached hydrogens (tertiary/aromatic N) is 5. The maximum absolute atomic E-state index is 12.4. The summed E-state index contributed by atoms with van der Waals surface area (Å²) in [6.45, 7) is 6.72. The quantitative estimate of drug-likeness (QED) is 0.316. The van der Waals surface area contributed by atoms with Crippen LogP contribution in [0.15, 0.2) is 55.0 Å². The maximum Gasteiger partial charge on any atom is 0.161 e. The number of methoxy groups -OCH3 is 1. The zero-order chi connectivity index (χ0) is 24.5. The number of imidazole rings is 1. The summed E-state index contributed by atoms with van der Waals surface area (Å²) in [5.74, 6) is 1.56. The Labute approximate surface area is 202 Å². The van der Waals surface area contributed by atoms with Crippen LogP contribution in [0.2, 0.25) is 0 Å². The highest BCUT2D eigenvalue weighted by molar-refractivity contribution is 6.00. The molecule has 5 rings (SSSR count). The van der Waals surface area contributed by atoms with Crippen LogP contribution < -0.4 is 5.32 Å². The molecule has 178 valence electrons. The highest BCUT2D eigenvalue weighted by atomic mass is 16.5. The van der Waals surface area contributed by atoms with E-state index in [-0.39, 0.29) is 5.78 Å². The van der Waals surface area contributed by atoms with Crippen LogP contribution in [0.3, 0.4) is 0 Å². The number of ketones is 1. The predicted octanol–water partition coefficient (Wildman–Crippen LogP) is 4.82. The van der Waals surface area contributed by atoms with Crippen LogP contribution in [0.25, 0.3) is 28.1 Å². The number of Topliss-reactive ketones (excluding diaryl/α,β-unsaturated/α-hetero) is 1. The summed E-state index contributed by atoms with van der Waals surface area (Å²) in [6, 6.07) is 13.7. The Morgan fingerprint density at radius 2 is 2.00 bits per heavy atom. The molecule has 0 saturated heterocycles. The van der Waals surface area contributed by atoms with Gasteiger partial charge in [-0.1, -0.05) is 0 Å². The number of hydrogen-bond donors (Lipinski definition) is 2. The number of anilines is 2. The fourth-order valence-corrected chi connectivity index (χ4v) is 4.16. The molecule has 0 amide bonds. The van der Waals surface area contributed by atoms with Crippen LogP contribution in [-0.2, 0) is 11.3 Å². The highest BCUT2D eigenvalue weighted by Crippen LogP contribution is 2.29. The third kappa shape index (κ3) is 4.33. The van der Waals surface area contributed by atoms with Gasteiger partial charge < -0.3 is 15.0 Å². The second-order valence-corrected chi connectivity index (χ2v) is 8.48. The largest absolute Gasteiger partial charge is 0.383 e. The summed E-state index contributed by atoms with van der Waals surface area (Å²) in [5.41, 5.74) is 6.70. The maximum atomic E-state index is 12.4. The molecule has 0 bridgehead atoms. The number of nitrogens with one attached hydrogen (secondary N) is 2. The van der Waals surface area contributed by atoms with Crippen molar-refractivity contribution < 1.29 is 9.53 Å². The number of hydrogen-bond acceptors (Lipinski definition) is 6. The summed E-state index contributed by atoms with van der Waals surface area (Å²) in [6.07, 6.45) is 3.51. The van der Waals surface area contributed by atoms with E-state index in [2.05, 4.69) is 20.4 Å². The lowest BCUT2D eigenvalue weighted by molar-refractivity contribution is 0.101. The van der Waals surface area contributed by atoms with E-state index in [0.29, 0.717) is 30.2 Å². The van der Waals surface area contributed by atoms with Crippen LogP contribution in [-0.4, -0.2) is 48.8 Å². The first-order chi connectivity index (χ1) is 16.9. The topological polar surface area (TPSA) is 103 Å². The van der Waals surface area contributed by atoms with Crippen molar-refractivity contribution in [3.63, 3.8) is 0 Å². The molecule has 4 aromatic heterocycles. The average molecular weight is 470 g/mol. The van der Waals surface area contributed by atoms with Crippen molar-refractivity contribution in [3.05, 3.63) is 71.9 Å². The first kappa shape index (κ1) is 22.5. The molecular weight excluding hydrogens is 442 g/mol. The van der Waals surface area contributed by atoms with Crippen LogP contribution in [0.1, 0.15) is 28.7 Å². The molecule has 0 unspecified atom stereocenters. The predicted molar refractivity (Wildman–Crippen MR) is 136 cm³/mol. The van der Waals surface area contributed by atoms with Crippen molar-refractivity contribution in [1.29, 1.82) is 0 Å². The van der Waals surface area contributed by atoms with Crippen LogP contribution >= 0.6 is 0 Å². The lowest BCUT2D eigenvalue weighted by Crippen LogP contribution is -2.08. The van der Waals surface area contributed by atoms with E-state index in [1.54, 1.807) is 26.6 Å². The molecule has 0 atom stereocenters. The Balaban J connectivity index is 1.53. The molecule has 35 heavy (non-hydrogen) atoms. The van der Waals surface area contributed by atoms with Crippen LogP contribution in [0.4, 0.5) is 11.5 Å². The van der Waals surface area contributed by atoms with E-state index in [4.69, 9.17) is 9.72 Å². The van der Waals surface area contributed by atoms with Gasteiger partial charge in [-0.05, 0) is 63.2 Å². The third-order valence-corrected chi connectivity index (χ3v) is 6.03. The molecular formula is C26H27N7O2. The molecule has 9 nitrogen and oxygen atoms in total. The second-order valence-electron chi connectivity index (χ2n) is 8.48. The number of benzene rings is 1. The van der Waals surface area contributed by atoms with E-state index in [0.717, 1.165) is 39.5 Å². The molecule has 0 saturated carbocycles. The zero-order valence-electron chi connectivity index (χ0n) is 20.2. The number of pyridine rings is 1. The van der Waals surface area contributed by atoms with Gasteiger partial charge in [0.05, 0.1) is 36.1 Å². The van der Waals surface area contributed by atoms with Crippen LogP contribution in [0.5, 0.6) is 0 Å². The minimum atomic E-state index is -0.0474. The average Bonchev–Trinajstić information content (AvgIpc) is 3.55. The van der Waals surface area contributed by atoms with E-state index in [1.165, 1.54) is 0 Å². The minimum Gasteiger partial charge on any atom is -0.383 e. The highest BCUT2D eigenvalue weighted by Gasteiger charge is 2.18. The van der Waals surface area contributed by atoms with Gasteiger partial charge in [0.15, 0.2) is 5.78 Å². The molecule has 0 aliphatic rings. The Hall–Kier alpha value is -4.24. The van der Waals surface area contributed by atoms with Gasteiger partial charge in [-0.2, -0.15) is 5.10 Å². The molecule has 9 heteroatoms. The van der Waals surface area contributed by atoms with Crippen molar-refractivity contribution in [3.8, 4) is 17.1 Å².